The number of anilines is 1. The highest BCUT2D eigenvalue weighted by molar-refractivity contribution is 9.10. The van der Waals surface area contributed by atoms with Gasteiger partial charge >= 0.3 is 0 Å². The largest absolute Gasteiger partial charge is 0.344 e. The number of aromatic nitrogens is 2. The van der Waals surface area contributed by atoms with Crippen molar-refractivity contribution in [2.24, 2.45) is 12.1 Å². The van der Waals surface area contributed by atoms with Crippen LogP contribution in [-0.4, -0.2) is 15.8 Å². The van der Waals surface area contributed by atoms with Crippen LogP contribution in [0.1, 0.15) is 5.56 Å². The summed E-state index contributed by atoms with van der Waals surface area (Å²) in [4.78, 5) is 4.61. The van der Waals surface area contributed by atoms with Gasteiger partial charge in [0.25, 0.3) is 0 Å². The molecule has 142 valence electrons. The van der Waals surface area contributed by atoms with Gasteiger partial charge in [-0.2, -0.15) is 5.10 Å². The number of rotatable bonds is 4. The quantitative estimate of drug-likeness (QED) is 0.240. The van der Waals surface area contributed by atoms with Crippen molar-refractivity contribution in [1.82, 2.24) is 9.55 Å². The number of hydrazone groups is 1. The molecule has 2 heterocycles. The van der Waals surface area contributed by atoms with E-state index < -0.39 is 0 Å². The molecule has 0 saturated heterocycles. The third-order valence-corrected chi connectivity index (χ3v) is 6.23. The minimum absolute atomic E-state index is 0.769. The fraction of sp³-hybridized carbons (Fsp3) is 0.0435. The van der Waals surface area contributed by atoms with Crippen molar-refractivity contribution >= 4 is 60.4 Å². The van der Waals surface area contributed by atoms with E-state index in [1.165, 1.54) is 21.8 Å². The Labute approximate surface area is 180 Å². The van der Waals surface area contributed by atoms with Gasteiger partial charge in [-0.15, -0.1) is 11.3 Å². The first-order valence-electron chi connectivity index (χ1n) is 9.17. The van der Waals surface area contributed by atoms with Crippen LogP contribution in [0.2, 0.25) is 0 Å². The molecule has 0 aliphatic rings. The average molecular weight is 461 g/mol. The number of nitrogens with one attached hydrogen (secondary N) is 1. The molecule has 0 atom stereocenters. The van der Waals surface area contributed by atoms with Gasteiger partial charge in [-0.3, -0.25) is 5.43 Å². The summed E-state index contributed by atoms with van der Waals surface area (Å²) in [5.74, 6) is 0. The van der Waals surface area contributed by atoms with E-state index in [1.54, 1.807) is 11.3 Å². The zero-order valence-electron chi connectivity index (χ0n) is 15.6. The number of benzene rings is 3. The summed E-state index contributed by atoms with van der Waals surface area (Å²) in [6, 6.07) is 23.0. The highest BCUT2D eigenvalue weighted by Crippen LogP contribution is 2.29. The van der Waals surface area contributed by atoms with Crippen molar-refractivity contribution in [3.8, 4) is 11.3 Å². The number of para-hydroxylation sites is 1. The van der Waals surface area contributed by atoms with Crippen LogP contribution in [0.15, 0.2) is 81.7 Å². The van der Waals surface area contributed by atoms with Gasteiger partial charge in [0.15, 0.2) is 0 Å². The van der Waals surface area contributed by atoms with Gasteiger partial charge in [0.05, 0.1) is 11.9 Å². The van der Waals surface area contributed by atoms with E-state index in [1.807, 2.05) is 35.9 Å². The lowest BCUT2D eigenvalue weighted by molar-refractivity contribution is 1.01. The standard InChI is InChI=1S/C23H17BrN4S/c1-28-21-5-3-2-4-18(21)19-12-15(6-11-22(19)28)13-25-27-23-26-20(14-29-23)16-7-9-17(24)10-8-16/h2-14H,1H3,(H,26,27). The van der Waals surface area contributed by atoms with Gasteiger partial charge in [0.2, 0.25) is 5.13 Å². The number of nitrogens with zero attached hydrogens (tertiary/aromatic N) is 3. The molecule has 0 radical (unpaired) electrons. The van der Waals surface area contributed by atoms with Crippen LogP contribution in [0.5, 0.6) is 0 Å². The molecule has 3 aromatic carbocycles. The summed E-state index contributed by atoms with van der Waals surface area (Å²) in [6.07, 6.45) is 1.84. The number of halogens is 1. The van der Waals surface area contributed by atoms with Crippen LogP contribution in [0.25, 0.3) is 33.1 Å². The molecule has 5 aromatic rings. The van der Waals surface area contributed by atoms with Crippen LogP contribution in [0, 0.1) is 0 Å². The highest BCUT2D eigenvalue weighted by atomic mass is 79.9. The van der Waals surface area contributed by atoms with Crippen molar-refractivity contribution in [3.05, 3.63) is 82.1 Å². The first-order valence-corrected chi connectivity index (χ1v) is 10.8. The maximum atomic E-state index is 4.61. The van der Waals surface area contributed by atoms with Crippen molar-refractivity contribution in [2.45, 2.75) is 0 Å². The zero-order chi connectivity index (χ0) is 19.8. The third-order valence-electron chi connectivity index (χ3n) is 4.96. The van der Waals surface area contributed by atoms with Gasteiger partial charge in [-0.1, -0.05) is 52.3 Å². The molecule has 2 aromatic heterocycles. The molecule has 6 heteroatoms. The van der Waals surface area contributed by atoms with Gasteiger partial charge in [0, 0.05) is 44.3 Å². The molecular weight excluding hydrogens is 444 g/mol. The first kappa shape index (κ1) is 18.1. The van der Waals surface area contributed by atoms with Gasteiger partial charge < -0.3 is 4.57 Å². The van der Waals surface area contributed by atoms with E-state index in [-0.39, 0.29) is 0 Å². The molecule has 4 nitrogen and oxygen atoms in total. The Morgan fingerprint density at radius 3 is 2.66 bits per heavy atom. The summed E-state index contributed by atoms with van der Waals surface area (Å²) >= 11 is 5.00. The monoisotopic (exact) mass is 460 g/mol. The Hall–Kier alpha value is -2.96. The van der Waals surface area contributed by atoms with E-state index in [9.17, 15) is 0 Å². The Balaban J connectivity index is 1.37. The second-order valence-corrected chi connectivity index (χ2v) is 8.54. The topological polar surface area (TPSA) is 42.2 Å². The van der Waals surface area contributed by atoms with E-state index in [0.717, 1.165) is 26.4 Å². The van der Waals surface area contributed by atoms with Crippen LogP contribution in [0.3, 0.4) is 0 Å². The molecule has 0 bridgehead atoms. The van der Waals surface area contributed by atoms with E-state index in [2.05, 4.69) is 85.5 Å². The lowest BCUT2D eigenvalue weighted by atomic mass is 10.1. The number of fused-ring (bicyclic) bond motifs is 3. The summed E-state index contributed by atoms with van der Waals surface area (Å²) in [6.45, 7) is 0. The minimum Gasteiger partial charge on any atom is -0.344 e. The van der Waals surface area contributed by atoms with Crippen LogP contribution in [-0.2, 0) is 7.05 Å². The molecule has 0 aliphatic carbocycles. The summed E-state index contributed by atoms with van der Waals surface area (Å²) in [7, 11) is 2.10. The van der Waals surface area contributed by atoms with Crippen molar-refractivity contribution in [1.29, 1.82) is 0 Å². The van der Waals surface area contributed by atoms with Crippen LogP contribution >= 0.6 is 27.3 Å². The van der Waals surface area contributed by atoms with Crippen molar-refractivity contribution in [2.75, 3.05) is 5.43 Å². The smallest absolute Gasteiger partial charge is 0.203 e. The summed E-state index contributed by atoms with van der Waals surface area (Å²) < 4.78 is 3.28. The number of hydrogen-bond acceptors (Lipinski definition) is 4. The molecule has 0 saturated carbocycles. The van der Waals surface area contributed by atoms with E-state index >= 15 is 0 Å². The van der Waals surface area contributed by atoms with E-state index in [0.29, 0.717) is 0 Å². The maximum Gasteiger partial charge on any atom is 0.203 e. The SMILES string of the molecule is Cn1c2ccccc2c2cc(C=NNc3nc(-c4ccc(Br)cc4)cs3)ccc21. The Morgan fingerprint density at radius 1 is 1.00 bits per heavy atom. The Kier molecular flexibility index (Phi) is 4.66. The summed E-state index contributed by atoms with van der Waals surface area (Å²) in [5.41, 5.74) is 8.57. The van der Waals surface area contributed by atoms with Crippen LogP contribution < -0.4 is 5.43 Å². The molecular formula is C23H17BrN4S. The second-order valence-electron chi connectivity index (χ2n) is 6.77. The normalized spacial score (nSPS) is 11.7. The van der Waals surface area contributed by atoms with Crippen molar-refractivity contribution < 1.29 is 0 Å². The number of hydrogen-bond donors (Lipinski definition) is 1. The number of thiazole rings is 1. The second kappa shape index (κ2) is 7.46. The lowest BCUT2D eigenvalue weighted by Crippen LogP contribution is -1.91. The van der Waals surface area contributed by atoms with Gasteiger partial charge in [-0.25, -0.2) is 4.98 Å². The maximum absolute atomic E-state index is 4.61. The fourth-order valence-electron chi connectivity index (χ4n) is 3.51. The van der Waals surface area contributed by atoms with Crippen molar-refractivity contribution in [3.63, 3.8) is 0 Å². The molecule has 5 rings (SSSR count). The minimum atomic E-state index is 0.769. The van der Waals surface area contributed by atoms with Gasteiger partial charge in [-0.05, 0) is 35.9 Å². The Bertz CT molecular complexity index is 1350. The molecule has 0 unspecified atom stereocenters. The number of aryl methyl sites for hydroxylation is 1. The highest BCUT2D eigenvalue weighted by Gasteiger charge is 2.07. The average Bonchev–Trinajstić information content (AvgIpc) is 3.33. The summed E-state index contributed by atoms with van der Waals surface area (Å²) in [5, 5.41) is 9.68. The first-order chi connectivity index (χ1) is 14.2. The fourth-order valence-corrected chi connectivity index (χ4v) is 4.44. The molecule has 29 heavy (non-hydrogen) atoms. The van der Waals surface area contributed by atoms with E-state index in [4.69, 9.17) is 0 Å². The molecule has 1 N–H and O–H groups in total. The molecule has 0 fully saturated rings. The van der Waals surface area contributed by atoms with Crippen LogP contribution in [0.4, 0.5) is 5.13 Å². The molecule has 0 aliphatic heterocycles. The molecule has 0 amide bonds. The van der Waals surface area contributed by atoms with Gasteiger partial charge in [0.1, 0.15) is 0 Å². The predicted octanol–water partition coefficient (Wildman–Crippen LogP) is 6.66. The third kappa shape index (κ3) is 3.45. The predicted molar refractivity (Wildman–Crippen MR) is 127 cm³/mol. The molecule has 0 spiro atoms. The Morgan fingerprint density at radius 2 is 1.79 bits per heavy atom. The lowest BCUT2D eigenvalue weighted by Gasteiger charge is -1.99. The zero-order valence-corrected chi connectivity index (χ0v) is 18.0.